The van der Waals surface area contributed by atoms with E-state index in [4.69, 9.17) is 11.6 Å². The first kappa shape index (κ1) is 15.7. The number of methoxy groups -OCH3 is 1. The van der Waals surface area contributed by atoms with E-state index in [2.05, 4.69) is 9.72 Å². The summed E-state index contributed by atoms with van der Waals surface area (Å²) < 4.78 is 4.67. The Bertz CT molecular complexity index is 719. The molecular formula is C14H12ClN3O4. The number of hydrogen-bond acceptors (Lipinski definition) is 6. The first-order chi connectivity index (χ1) is 10.4. The average Bonchev–Trinajstić information content (AvgIpc) is 2.54. The van der Waals surface area contributed by atoms with Crippen LogP contribution in [0.4, 0.5) is 17.2 Å². The van der Waals surface area contributed by atoms with Crippen molar-refractivity contribution in [1.82, 2.24) is 4.98 Å². The van der Waals surface area contributed by atoms with Gasteiger partial charge in [0.2, 0.25) is 0 Å². The number of carbonyl (C=O) groups is 1. The minimum atomic E-state index is -0.545. The van der Waals surface area contributed by atoms with Crippen LogP contribution in [0, 0.1) is 10.1 Å². The van der Waals surface area contributed by atoms with Crippen molar-refractivity contribution in [3.05, 3.63) is 57.2 Å². The largest absolute Gasteiger partial charge is 0.465 e. The molecule has 1 aromatic carbocycles. The van der Waals surface area contributed by atoms with Gasteiger partial charge in [-0.1, -0.05) is 11.6 Å². The molecule has 22 heavy (non-hydrogen) atoms. The van der Waals surface area contributed by atoms with Crippen LogP contribution in [0.25, 0.3) is 0 Å². The first-order valence-corrected chi connectivity index (χ1v) is 6.54. The fourth-order valence-electron chi connectivity index (χ4n) is 1.81. The summed E-state index contributed by atoms with van der Waals surface area (Å²) in [6.07, 6.45) is 1.17. The second-order valence-corrected chi connectivity index (χ2v) is 4.75. The topological polar surface area (TPSA) is 85.6 Å². The Hall–Kier alpha value is -2.67. The molecule has 0 aliphatic rings. The van der Waals surface area contributed by atoms with Crippen molar-refractivity contribution in [2.24, 2.45) is 0 Å². The number of nitrogens with zero attached hydrogens (tertiary/aromatic N) is 3. The fourth-order valence-corrected chi connectivity index (χ4v) is 2.00. The number of benzene rings is 1. The van der Waals surface area contributed by atoms with Gasteiger partial charge in [-0.25, -0.2) is 9.78 Å². The molecule has 0 bridgehead atoms. The third-order valence-electron chi connectivity index (χ3n) is 3.03. The summed E-state index contributed by atoms with van der Waals surface area (Å²) in [5.41, 5.74) is 0.782. The Labute approximate surface area is 131 Å². The maximum Gasteiger partial charge on any atom is 0.339 e. The predicted octanol–water partition coefficient (Wildman–Crippen LogP) is 3.20. The zero-order valence-corrected chi connectivity index (χ0v) is 12.6. The van der Waals surface area contributed by atoms with Gasteiger partial charge in [-0.05, 0) is 24.3 Å². The van der Waals surface area contributed by atoms with E-state index >= 15 is 0 Å². The molecule has 0 N–H and O–H groups in total. The Morgan fingerprint density at radius 1 is 1.36 bits per heavy atom. The minimum absolute atomic E-state index is 0.0940. The third-order valence-corrected chi connectivity index (χ3v) is 3.36. The van der Waals surface area contributed by atoms with E-state index in [1.807, 2.05) is 0 Å². The molecule has 2 rings (SSSR count). The highest BCUT2D eigenvalue weighted by Gasteiger charge is 2.15. The normalized spacial score (nSPS) is 10.1. The number of hydrogen-bond donors (Lipinski definition) is 0. The van der Waals surface area contributed by atoms with Crippen LogP contribution < -0.4 is 4.90 Å². The van der Waals surface area contributed by atoms with Crippen LogP contribution in [-0.2, 0) is 4.74 Å². The van der Waals surface area contributed by atoms with Crippen molar-refractivity contribution in [2.75, 3.05) is 19.1 Å². The van der Waals surface area contributed by atoms with E-state index in [0.717, 1.165) is 0 Å². The number of esters is 1. The highest BCUT2D eigenvalue weighted by Crippen LogP contribution is 2.27. The molecule has 0 atom stereocenters. The van der Waals surface area contributed by atoms with Gasteiger partial charge in [0.25, 0.3) is 5.69 Å². The van der Waals surface area contributed by atoms with Gasteiger partial charge in [0.1, 0.15) is 12.0 Å². The lowest BCUT2D eigenvalue weighted by Gasteiger charge is -2.19. The van der Waals surface area contributed by atoms with Gasteiger partial charge in [0, 0.05) is 18.8 Å². The van der Waals surface area contributed by atoms with Crippen LogP contribution in [0.15, 0.2) is 36.5 Å². The second-order valence-electron chi connectivity index (χ2n) is 4.35. The van der Waals surface area contributed by atoms with E-state index < -0.39 is 10.9 Å². The molecule has 0 aliphatic carbocycles. The van der Waals surface area contributed by atoms with E-state index in [1.54, 1.807) is 30.1 Å². The lowest BCUT2D eigenvalue weighted by molar-refractivity contribution is -0.385. The van der Waals surface area contributed by atoms with Crippen LogP contribution in [0.5, 0.6) is 0 Å². The molecule has 0 aliphatic heterocycles. The molecule has 0 fully saturated rings. The summed E-state index contributed by atoms with van der Waals surface area (Å²) in [6.45, 7) is 0. The van der Waals surface area contributed by atoms with Gasteiger partial charge in [0.15, 0.2) is 0 Å². The molecule has 0 saturated heterocycles. The molecular weight excluding hydrogens is 310 g/mol. The maximum absolute atomic E-state index is 11.6. The number of carbonyl (C=O) groups excluding carboxylic acids is 1. The number of pyridine rings is 1. The molecule has 0 unspecified atom stereocenters. The summed E-state index contributed by atoms with van der Waals surface area (Å²) in [5.74, 6) is -0.0550. The van der Waals surface area contributed by atoms with Crippen molar-refractivity contribution in [1.29, 1.82) is 0 Å². The Morgan fingerprint density at radius 3 is 2.64 bits per heavy atom. The minimum Gasteiger partial charge on any atom is -0.465 e. The SMILES string of the molecule is COC(=O)c1cc(N(C)c2ccc([N+](=O)[O-])cn2)ccc1Cl. The zero-order valence-electron chi connectivity index (χ0n) is 11.8. The lowest BCUT2D eigenvalue weighted by atomic mass is 10.2. The standard InChI is InChI=1S/C14H12ClN3O4/c1-17(13-6-4-10(8-16-13)18(20)21)9-3-5-12(15)11(7-9)14(19)22-2/h3-8H,1-2H3. The average molecular weight is 322 g/mol. The van der Waals surface area contributed by atoms with E-state index in [0.29, 0.717) is 11.5 Å². The van der Waals surface area contributed by atoms with E-state index in [1.165, 1.54) is 25.4 Å². The highest BCUT2D eigenvalue weighted by atomic mass is 35.5. The van der Waals surface area contributed by atoms with Gasteiger partial charge in [-0.15, -0.1) is 0 Å². The van der Waals surface area contributed by atoms with Crippen molar-refractivity contribution < 1.29 is 14.5 Å². The maximum atomic E-state index is 11.6. The number of aromatic nitrogens is 1. The summed E-state index contributed by atoms with van der Waals surface area (Å²) in [4.78, 5) is 27.5. The molecule has 8 heteroatoms. The number of ether oxygens (including phenoxy) is 1. The van der Waals surface area contributed by atoms with Crippen LogP contribution in [0.3, 0.4) is 0 Å². The summed E-state index contributed by atoms with van der Waals surface area (Å²) in [5, 5.41) is 10.9. The van der Waals surface area contributed by atoms with E-state index in [-0.39, 0.29) is 16.3 Å². The van der Waals surface area contributed by atoms with Gasteiger partial charge in [0.05, 0.1) is 22.6 Å². The summed E-state index contributed by atoms with van der Waals surface area (Å²) in [7, 11) is 2.99. The molecule has 7 nitrogen and oxygen atoms in total. The monoisotopic (exact) mass is 321 g/mol. The van der Waals surface area contributed by atoms with Gasteiger partial charge >= 0.3 is 5.97 Å². The molecule has 1 aromatic heterocycles. The number of rotatable bonds is 4. The van der Waals surface area contributed by atoms with Crippen molar-refractivity contribution in [2.45, 2.75) is 0 Å². The number of nitro groups is 1. The Morgan fingerprint density at radius 2 is 2.09 bits per heavy atom. The van der Waals surface area contributed by atoms with Gasteiger partial charge < -0.3 is 9.64 Å². The highest BCUT2D eigenvalue weighted by molar-refractivity contribution is 6.33. The Balaban J connectivity index is 2.34. The lowest BCUT2D eigenvalue weighted by Crippen LogP contribution is -2.12. The molecule has 1 heterocycles. The number of anilines is 2. The predicted molar refractivity (Wildman–Crippen MR) is 81.7 cm³/mol. The van der Waals surface area contributed by atoms with Crippen LogP contribution in [0.2, 0.25) is 5.02 Å². The second kappa shape index (κ2) is 6.40. The van der Waals surface area contributed by atoms with Crippen LogP contribution in [-0.4, -0.2) is 30.0 Å². The van der Waals surface area contributed by atoms with E-state index in [9.17, 15) is 14.9 Å². The molecule has 0 saturated carbocycles. The number of halogens is 1. The van der Waals surface area contributed by atoms with Crippen molar-refractivity contribution >= 4 is 34.8 Å². The first-order valence-electron chi connectivity index (χ1n) is 6.16. The zero-order chi connectivity index (χ0) is 16.3. The van der Waals surface area contributed by atoms with Crippen LogP contribution >= 0.6 is 11.6 Å². The summed E-state index contributed by atoms with van der Waals surface area (Å²) >= 11 is 5.97. The smallest absolute Gasteiger partial charge is 0.339 e. The third kappa shape index (κ3) is 3.15. The Kier molecular flexibility index (Phi) is 4.57. The molecule has 0 radical (unpaired) electrons. The molecule has 114 valence electrons. The van der Waals surface area contributed by atoms with Crippen LogP contribution in [0.1, 0.15) is 10.4 Å². The fraction of sp³-hybridized carbons (Fsp3) is 0.143. The van der Waals surface area contributed by atoms with Gasteiger partial charge in [-0.2, -0.15) is 0 Å². The quantitative estimate of drug-likeness (QED) is 0.488. The molecule has 0 amide bonds. The molecule has 0 spiro atoms. The van der Waals surface area contributed by atoms with Crippen molar-refractivity contribution in [3.8, 4) is 0 Å². The van der Waals surface area contributed by atoms with Crippen molar-refractivity contribution in [3.63, 3.8) is 0 Å². The van der Waals surface area contributed by atoms with Gasteiger partial charge in [-0.3, -0.25) is 10.1 Å². The summed E-state index contributed by atoms with van der Waals surface area (Å²) in [6, 6.07) is 7.72. The molecule has 2 aromatic rings.